The Labute approximate surface area is 192 Å². The number of fused-ring (bicyclic) bond motifs is 2. The highest BCUT2D eigenvalue weighted by atomic mass is 16.5. The van der Waals surface area contributed by atoms with Crippen molar-refractivity contribution in [3.05, 3.63) is 76.7 Å². The summed E-state index contributed by atoms with van der Waals surface area (Å²) in [5.41, 5.74) is 4.31. The van der Waals surface area contributed by atoms with E-state index in [2.05, 4.69) is 30.1 Å². The van der Waals surface area contributed by atoms with Crippen LogP contribution in [0.5, 0.6) is 0 Å². The van der Waals surface area contributed by atoms with Crippen LogP contribution in [-0.4, -0.2) is 51.8 Å². The number of imidazole rings is 1. The first kappa shape index (κ1) is 21.4. The third kappa shape index (κ3) is 4.04. The number of aryl methyl sites for hydroxylation is 1. The van der Waals surface area contributed by atoms with Crippen LogP contribution in [0.3, 0.4) is 0 Å². The third-order valence-corrected chi connectivity index (χ3v) is 6.68. The van der Waals surface area contributed by atoms with E-state index in [4.69, 9.17) is 9.72 Å². The molecule has 0 saturated carbocycles. The van der Waals surface area contributed by atoms with Crippen LogP contribution in [0.4, 0.5) is 0 Å². The smallest absolute Gasteiger partial charge is 0.335 e. The van der Waals surface area contributed by atoms with Crippen molar-refractivity contribution in [2.45, 2.75) is 38.0 Å². The summed E-state index contributed by atoms with van der Waals surface area (Å²) in [6.45, 7) is 2.64. The molecule has 0 aliphatic carbocycles. The Morgan fingerprint density at radius 1 is 1.12 bits per heavy atom. The van der Waals surface area contributed by atoms with Crippen molar-refractivity contribution < 1.29 is 14.6 Å². The second-order valence-electron chi connectivity index (χ2n) is 8.78. The van der Waals surface area contributed by atoms with Gasteiger partial charge in [-0.3, -0.25) is 0 Å². The van der Waals surface area contributed by atoms with Crippen LogP contribution in [-0.2, 0) is 17.7 Å². The largest absolute Gasteiger partial charge is 0.478 e. The van der Waals surface area contributed by atoms with Crippen LogP contribution in [0.2, 0.25) is 0 Å². The molecule has 1 N–H and O–H groups in total. The molecule has 1 saturated heterocycles. The van der Waals surface area contributed by atoms with Gasteiger partial charge in [-0.15, -0.1) is 0 Å². The van der Waals surface area contributed by atoms with Crippen LogP contribution in [0, 0.1) is 11.3 Å². The number of benzene rings is 2. The van der Waals surface area contributed by atoms with Crippen molar-refractivity contribution in [3.8, 4) is 17.3 Å². The average Bonchev–Trinajstić information content (AvgIpc) is 3.13. The molecule has 0 radical (unpaired) electrons. The van der Waals surface area contributed by atoms with Gasteiger partial charge in [0.25, 0.3) is 0 Å². The first-order chi connectivity index (χ1) is 16.0. The summed E-state index contributed by atoms with van der Waals surface area (Å²) in [4.78, 5) is 18.5. The SMILES string of the molecule is CN1CCC(OC2c3ccccc3CCn3c2nc(-c2ccc(C(=O)O)cc2)c3C#N)CC1. The van der Waals surface area contributed by atoms with Gasteiger partial charge >= 0.3 is 5.97 Å². The summed E-state index contributed by atoms with van der Waals surface area (Å²) in [6, 6.07) is 17.2. The first-order valence-corrected chi connectivity index (χ1v) is 11.3. The van der Waals surface area contributed by atoms with E-state index in [1.54, 1.807) is 24.3 Å². The second kappa shape index (κ2) is 8.81. The van der Waals surface area contributed by atoms with E-state index in [1.807, 2.05) is 16.7 Å². The van der Waals surface area contributed by atoms with Crippen LogP contribution in [0.25, 0.3) is 11.3 Å². The maximum atomic E-state index is 11.2. The highest BCUT2D eigenvalue weighted by Gasteiger charge is 2.33. The lowest BCUT2D eigenvalue weighted by atomic mass is 9.99. The lowest BCUT2D eigenvalue weighted by Crippen LogP contribution is -2.35. The van der Waals surface area contributed by atoms with Gasteiger partial charge in [-0.2, -0.15) is 5.26 Å². The summed E-state index contributed by atoms with van der Waals surface area (Å²) in [5.74, 6) is -0.237. The van der Waals surface area contributed by atoms with E-state index in [-0.39, 0.29) is 17.8 Å². The number of aromatic carboxylic acids is 1. The zero-order chi connectivity index (χ0) is 22.9. The fourth-order valence-electron chi connectivity index (χ4n) is 4.82. The number of nitrogens with zero attached hydrogens (tertiary/aromatic N) is 4. The summed E-state index contributed by atoms with van der Waals surface area (Å²) in [7, 11) is 2.13. The molecule has 3 aromatic rings. The number of ether oxygens (including phenoxy) is 1. The summed E-state index contributed by atoms with van der Waals surface area (Å²) in [6.07, 6.45) is 2.50. The maximum absolute atomic E-state index is 11.2. The van der Waals surface area contributed by atoms with E-state index in [0.717, 1.165) is 49.3 Å². The molecule has 1 unspecified atom stereocenters. The van der Waals surface area contributed by atoms with Crippen LogP contribution < -0.4 is 0 Å². The molecular formula is C26H26N4O3. The van der Waals surface area contributed by atoms with Crippen molar-refractivity contribution in [2.24, 2.45) is 0 Å². The third-order valence-electron chi connectivity index (χ3n) is 6.68. The number of hydrogen-bond acceptors (Lipinski definition) is 5. The number of aromatic nitrogens is 2. The van der Waals surface area contributed by atoms with Crippen LogP contribution >= 0.6 is 0 Å². The van der Waals surface area contributed by atoms with Gasteiger partial charge < -0.3 is 19.3 Å². The molecule has 2 aliphatic rings. The number of carboxylic acid groups (broad SMARTS) is 1. The van der Waals surface area contributed by atoms with Gasteiger partial charge in [-0.25, -0.2) is 9.78 Å². The predicted octanol–water partition coefficient (Wildman–Crippen LogP) is 3.88. The lowest BCUT2D eigenvalue weighted by Gasteiger charge is -2.32. The van der Waals surface area contributed by atoms with Crippen LogP contribution in [0.1, 0.15) is 51.9 Å². The number of carboxylic acids is 1. The number of nitriles is 1. The molecule has 3 heterocycles. The number of piperidine rings is 1. The summed E-state index contributed by atoms with van der Waals surface area (Å²) >= 11 is 0. The molecule has 168 valence electrons. The monoisotopic (exact) mass is 442 g/mol. The molecular weight excluding hydrogens is 416 g/mol. The van der Waals surface area contributed by atoms with Crippen molar-refractivity contribution in [1.82, 2.24) is 14.5 Å². The Morgan fingerprint density at radius 2 is 1.85 bits per heavy atom. The van der Waals surface area contributed by atoms with Crippen molar-refractivity contribution in [3.63, 3.8) is 0 Å². The zero-order valence-electron chi connectivity index (χ0n) is 18.6. The lowest BCUT2D eigenvalue weighted by molar-refractivity contribution is -0.0275. The van der Waals surface area contributed by atoms with Crippen molar-refractivity contribution in [1.29, 1.82) is 5.26 Å². The molecule has 7 nitrogen and oxygen atoms in total. The number of carbonyl (C=O) groups is 1. The summed E-state index contributed by atoms with van der Waals surface area (Å²) < 4.78 is 8.70. The molecule has 0 bridgehead atoms. The van der Waals surface area contributed by atoms with Gasteiger partial charge in [0.15, 0.2) is 0 Å². The van der Waals surface area contributed by atoms with Gasteiger partial charge in [0.05, 0.1) is 11.7 Å². The minimum atomic E-state index is -0.981. The molecule has 2 aromatic carbocycles. The zero-order valence-corrected chi connectivity index (χ0v) is 18.6. The van der Waals surface area contributed by atoms with Crippen molar-refractivity contribution in [2.75, 3.05) is 20.1 Å². The predicted molar refractivity (Wildman–Crippen MR) is 123 cm³/mol. The number of rotatable bonds is 4. The van der Waals surface area contributed by atoms with Gasteiger partial charge in [0.2, 0.25) is 0 Å². The standard InChI is InChI=1S/C26H26N4O3/c1-29-13-11-20(12-14-29)33-24-21-5-3-2-4-17(21)10-15-30-22(16-27)23(28-25(24)30)18-6-8-19(9-7-18)26(31)32/h2-9,20,24H,10-15H2,1H3,(H,31,32). The molecule has 33 heavy (non-hydrogen) atoms. The highest BCUT2D eigenvalue weighted by Crippen LogP contribution is 2.37. The fourth-order valence-corrected chi connectivity index (χ4v) is 4.82. The molecule has 5 rings (SSSR count). The second-order valence-corrected chi connectivity index (χ2v) is 8.78. The number of likely N-dealkylation sites (tertiary alicyclic amines) is 1. The van der Waals surface area contributed by atoms with Gasteiger partial charge in [-0.05, 0) is 49.6 Å². The fraction of sp³-hybridized carbons (Fsp3) is 0.346. The normalized spacial score (nSPS) is 18.7. The molecule has 7 heteroatoms. The van der Waals surface area contributed by atoms with Gasteiger partial charge in [0.1, 0.15) is 29.4 Å². The Balaban J connectivity index is 1.59. The molecule has 0 spiro atoms. The quantitative estimate of drug-likeness (QED) is 0.659. The Bertz CT molecular complexity index is 1220. The molecule has 2 aliphatic heterocycles. The number of hydrogen-bond donors (Lipinski definition) is 1. The minimum absolute atomic E-state index is 0.131. The summed E-state index contributed by atoms with van der Waals surface area (Å²) in [5, 5.41) is 19.3. The van der Waals surface area contributed by atoms with Gasteiger partial charge in [0, 0.05) is 25.2 Å². The van der Waals surface area contributed by atoms with E-state index < -0.39 is 5.97 Å². The van der Waals surface area contributed by atoms with E-state index in [1.165, 1.54) is 5.56 Å². The molecule has 1 aromatic heterocycles. The Hall–Kier alpha value is -3.47. The Morgan fingerprint density at radius 3 is 2.55 bits per heavy atom. The van der Waals surface area contributed by atoms with Crippen LogP contribution in [0.15, 0.2) is 48.5 Å². The minimum Gasteiger partial charge on any atom is -0.478 e. The Kier molecular flexibility index (Phi) is 5.71. The first-order valence-electron chi connectivity index (χ1n) is 11.3. The average molecular weight is 443 g/mol. The highest BCUT2D eigenvalue weighted by molar-refractivity contribution is 5.88. The molecule has 1 atom stereocenters. The van der Waals surface area contributed by atoms with E-state index >= 15 is 0 Å². The molecule has 1 fully saturated rings. The maximum Gasteiger partial charge on any atom is 0.335 e. The topological polar surface area (TPSA) is 91.4 Å². The van der Waals surface area contributed by atoms with E-state index in [0.29, 0.717) is 17.9 Å². The van der Waals surface area contributed by atoms with Crippen molar-refractivity contribution >= 4 is 5.97 Å². The van der Waals surface area contributed by atoms with Gasteiger partial charge in [-0.1, -0.05) is 36.4 Å². The molecule has 0 amide bonds. The van der Waals surface area contributed by atoms with E-state index in [9.17, 15) is 15.2 Å².